The number of carbonyl (C=O) groups is 2. The van der Waals surface area contributed by atoms with Gasteiger partial charge in [0, 0.05) is 19.8 Å². The molecule has 7 heteroatoms. The maximum atomic E-state index is 11.5. The number of carbonyl (C=O) groups excluding carboxylic acids is 2. The van der Waals surface area contributed by atoms with E-state index in [0.29, 0.717) is 11.5 Å². The third-order valence-corrected chi connectivity index (χ3v) is 4.58. The summed E-state index contributed by atoms with van der Waals surface area (Å²) in [5.74, 6) is 1.36. The molecule has 2 aromatic rings. The van der Waals surface area contributed by atoms with E-state index in [2.05, 4.69) is 15.2 Å². The van der Waals surface area contributed by atoms with Crippen LogP contribution in [0.1, 0.15) is 12.0 Å². The van der Waals surface area contributed by atoms with Gasteiger partial charge in [-0.1, -0.05) is 18.2 Å². The summed E-state index contributed by atoms with van der Waals surface area (Å²) in [6, 6.07) is 13.3. The van der Waals surface area contributed by atoms with E-state index in [-0.39, 0.29) is 11.1 Å². The first-order valence-corrected chi connectivity index (χ1v) is 9.03. The molecule has 1 aromatic heterocycles. The highest BCUT2D eigenvalue weighted by Crippen LogP contribution is 2.26. The van der Waals surface area contributed by atoms with E-state index in [1.165, 1.54) is 0 Å². The largest absolute Gasteiger partial charge is 0.494 e. The summed E-state index contributed by atoms with van der Waals surface area (Å²) in [5, 5.41) is 1.90. The van der Waals surface area contributed by atoms with Gasteiger partial charge in [0.25, 0.3) is 11.1 Å². The summed E-state index contributed by atoms with van der Waals surface area (Å²) in [5.41, 5.74) is 0.847. The van der Waals surface area contributed by atoms with Crippen LogP contribution in [0.5, 0.6) is 5.75 Å². The van der Waals surface area contributed by atoms with Gasteiger partial charge in [0.15, 0.2) is 0 Å². The number of thioether (sulfide) groups is 1. The quantitative estimate of drug-likeness (QED) is 0.596. The lowest BCUT2D eigenvalue weighted by Crippen LogP contribution is -2.21. The minimum Gasteiger partial charge on any atom is -0.494 e. The average Bonchev–Trinajstić information content (AvgIpc) is 2.97. The highest BCUT2D eigenvalue weighted by molar-refractivity contribution is 8.18. The van der Waals surface area contributed by atoms with E-state index in [9.17, 15) is 9.59 Å². The second-order valence-corrected chi connectivity index (χ2v) is 6.75. The fourth-order valence-corrected chi connectivity index (χ4v) is 3.10. The molecule has 2 amide bonds. The van der Waals surface area contributed by atoms with Gasteiger partial charge in [-0.25, -0.2) is 4.98 Å². The Morgan fingerprint density at radius 1 is 1.19 bits per heavy atom. The second-order valence-electron chi connectivity index (χ2n) is 5.73. The van der Waals surface area contributed by atoms with Crippen molar-refractivity contribution in [1.29, 1.82) is 0 Å². The fourth-order valence-electron chi connectivity index (χ4n) is 2.42. The molecule has 0 unspecified atom stereocenters. The van der Waals surface area contributed by atoms with E-state index in [1.54, 1.807) is 12.3 Å². The van der Waals surface area contributed by atoms with Gasteiger partial charge in [0.2, 0.25) is 0 Å². The molecule has 0 aliphatic carbocycles. The number of nitrogens with one attached hydrogen (secondary N) is 1. The topological polar surface area (TPSA) is 71.5 Å². The van der Waals surface area contributed by atoms with Crippen molar-refractivity contribution >= 4 is 34.8 Å². The number of benzene rings is 1. The molecule has 1 aliphatic rings. The number of rotatable bonds is 7. The van der Waals surface area contributed by atoms with Crippen LogP contribution in [0.4, 0.5) is 10.6 Å². The number of pyridine rings is 1. The number of anilines is 1. The molecule has 134 valence electrons. The first-order chi connectivity index (χ1) is 12.6. The summed E-state index contributed by atoms with van der Waals surface area (Å²) >= 11 is 0.911. The van der Waals surface area contributed by atoms with Crippen molar-refractivity contribution in [2.75, 3.05) is 25.1 Å². The van der Waals surface area contributed by atoms with Crippen LogP contribution in [0.3, 0.4) is 0 Å². The van der Waals surface area contributed by atoms with Crippen LogP contribution in [-0.2, 0) is 4.79 Å². The number of hydrogen-bond acceptors (Lipinski definition) is 6. The second kappa shape index (κ2) is 8.53. The van der Waals surface area contributed by atoms with E-state index in [4.69, 9.17) is 4.74 Å². The maximum absolute atomic E-state index is 11.5. The van der Waals surface area contributed by atoms with Crippen LogP contribution in [0.2, 0.25) is 0 Å². The van der Waals surface area contributed by atoms with Crippen LogP contribution in [0.25, 0.3) is 6.08 Å². The normalized spacial score (nSPS) is 15.2. The molecule has 1 aromatic carbocycles. The molecule has 1 N–H and O–H groups in total. The fraction of sp³-hybridized carbons (Fsp3) is 0.211. The zero-order valence-electron chi connectivity index (χ0n) is 14.3. The highest BCUT2D eigenvalue weighted by atomic mass is 32.2. The Bertz CT molecular complexity index is 807. The monoisotopic (exact) mass is 369 g/mol. The maximum Gasteiger partial charge on any atom is 0.290 e. The Kier molecular flexibility index (Phi) is 5.91. The van der Waals surface area contributed by atoms with Crippen LogP contribution < -0.4 is 15.0 Å². The molecule has 3 rings (SSSR count). The number of imide groups is 1. The van der Waals surface area contributed by atoms with Gasteiger partial charge >= 0.3 is 0 Å². The number of hydrogen-bond donors (Lipinski definition) is 1. The average molecular weight is 369 g/mol. The molecule has 1 saturated heterocycles. The van der Waals surface area contributed by atoms with Crippen LogP contribution in [0, 0.1) is 0 Å². The Morgan fingerprint density at radius 2 is 2.00 bits per heavy atom. The van der Waals surface area contributed by atoms with Crippen molar-refractivity contribution < 1.29 is 14.3 Å². The van der Waals surface area contributed by atoms with Crippen LogP contribution in [-0.4, -0.2) is 36.3 Å². The van der Waals surface area contributed by atoms with Crippen molar-refractivity contribution in [3.8, 4) is 5.75 Å². The van der Waals surface area contributed by atoms with Gasteiger partial charge < -0.3 is 9.64 Å². The molecular formula is C19H19N3O3S. The molecule has 1 aliphatic heterocycles. The Balaban J connectivity index is 1.45. The molecule has 0 saturated carbocycles. The molecule has 6 nitrogen and oxygen atoms in total. The van der Waals surface area contributed by atoms with E-state index in [0.717, 1.165) is 41.9 Å². The minimum atomic E-state index is -0.350. The Morgan fingerprint density at radius 3 is 2.65 bits per heavy atom. The summed E-state index contributed by atoms with van der Waals surface area (Å²) in [7, 11) is 2.01. The summed E-state index contributed by atoms with van der Waals surface area (Å²) in [4.78, 5) is 29.5. The van der Waals surface area contributed by atoms with Gasteiger partial charge in [0.05, 0.1) is 11.5 Å². The lowest BCUT2D eigenvalue weighted by molar-refractivity contribution is -0.115. The van der Waals surface area contributed by atoms with Crippen molar-refractivity contribution in [1.82, 2.24) is 10.3 Å². The predicted octanol–water partition coefficient (Wildman–Crippen LogP) is 3.31. The molecule has 0 bridgehead atoms. The highest BCUT2D eigenvalue weighted by Gasteiger charge is 2.24. The molecule has 0 spiro atoms. The van der Waals surface area contributed by atoms with Crippen molar-refractivity contribution in [2.45, 2.75) is 6.42 Å². The van der Waals surface area contributed by atoms with Crippen LogP contribution >= 0.6 is 11.8 Å². The summed E-state index contributed by atoms with van der Waals surface area (Å²) < 4.78 is 5.75. The molecule has 26 heavy (non-hydrogen) atoms. The molecule has 2 heterocycles. The summed E-state index contributed by atoms with van der Waals surface area (Å²) in [6.07, 6.45) is 4.34. The molecule has 1 fully saturated rings. The number of nitrogens with zero attached hydrogens (tertiary/aromatic N) is 2. The minimum absolute atomic E-state index is 0.336. The molecule has 0 radical (unpaired) electrons. The van der Waals surface area contributed by atoms with Crippen molar-refractivity contribution in [3.63, 3.8) is 0 Å². The zero-order chi connectivity index (χ0) is 18.4. The van der Waals surface area contributed by atoms with E-state index < -0.39 is 0 Å². The number of aromatic nitrogens is 1. The Labute approximate surface area is 156 Å². The first kappa shape index (κ1) is 18.0. The third-order valence-electron chi connectivity index (χ3n) is 3.77. The standard InChI is InChI=1S/C19H19N3O3S/c1-22(17-5-2-3-10-20-17)11-4-12-25-15-8-6-14(7-9-15)13-16-18(23)21-19(24)26-16/h2-3,5-10,13H,4,11-12H2,1H3,(H,21,23,24). The summed E-state index contributed by atoms with van der Waals surface area (Å²) in [6.45, 7) is 1.45. The van der Waals surface area contributed by atoms with E-state index in [1.807, 2.05) is 49.5 Å². The first-order valence-electron chi connectivity index (χ1n) is 8.22. The smallest absolute Gasteiger partial charge is 0.290 e. The number of ether oxygens (including phenoxy) is 1. The SMILES string of the molecule is CN(CCCOc1ccc(C=C2SC(=O)NC2=O)cc1)c1ccccn1. The number of amides is 2. The predicted molar refractivity (Wildman–Crippen MR) is 103 cm³/mol. The molecule has 0 atom stereocenters. The Hall–Kier alpha value is -2.80. The van der Waals surface area contributed by atoms with Gasteiger partial charge in [-0.3, -0.25) is 14.9 Å². The lowest BCUT2D eigenvalue weighted by Gasteiger charge is -2.17. The van der Waals surface area contributed by atoms with Crippen molar-refractivity contribution in [3.05, 3.63) is 59.1 Å². The van der Waals surface area contributed by atoms with Gasteiger partial charge in [-0.2, -0.15) is 0 Å². The third kappa shape index (κ3) is 4.86. The van der Waals surface area contributed by atoms with Crippen LogP contribution in [0.15, 0.2) is 53.6 Å². The van der Waals surface area contributed by atoms with Gasteiger partial charge in [0.1, 0.15) is 11.6 Å². The lowest BCUT2D eigenvalue weighted by atomic mass is 10.2. The zero-order valence-corrected chi connectivity index (χ0v) is 15.2. The van der Waals surface area contributed by atoms with E-state index >= 15 is 0 Å². The van der Waals surface area contributed by atoms with Crippen molar-refractivity contribution in [2.24, 2.45) is 0 Å². The molecular weight excluding hydrogens is 350 g/mol. The van der Waals surface area contributed by atoms with Gasteiger partial charge in [-0.05, 0) is 54.1 Å². The van der Waals surface area contributed by atoms with Gasteiger partial charge in [-0.15, -0.1) is 0 Å².